The number of nitrogens with one attached hydrogen (secondary N) is 6. The number of aliphatic hydroxyl groups is 2. The zero-order chi connectivity index (χ0) is 56.9. The Morgan fingerprint density at radius 2 is 0.667 bits per heavy atom. The number of hydrogen-bond donors (Lipinski definition) is 8. The highest BCUT2D eigenvalue weighted by Gasteiger charge is 2.40. The third-order valence-electron chi connectivity index (χ3n) is 19.0. The first-order chi connectivity index (χ1) is 41.3. The third-order valence-corrected chi connectivity index (χ3v) is 19.0. The number of likely N-dealkylation sites (tertiary alicyclic amines) is 2. The summed E-state index contributed by atoms with van der Waals surface area (Å²) in [6.07, 6.45) is 24.4. The average molecular weight is 1130 g/mol. The van der Waals surface area contributed by atoms with E-state index in [0.29, 0.717) is 25.2 Å². The normalized spacial score (nSPS) is 22.1. The van der Waals surface area contributed by atoms with Crippen LogP contribution in [-0.4, -0.2) is 110 Å². The summed E-state index contributed by atoms with van der Waals surface area (Å²) in [5, 5.41) is 28.8. The monoisotopic (exact) mass is 1130 g/mol. The van der Waals surface area contributed by atoms with Gasteiger partial charge >= 0.3 is 0 Å². The number of imidazole rings is 4. The fraction of sp³-hybridized carbons (Fsp3) is 0.441. The summed E-state index contributed by atoms with van der Waals surface area (Å²) in [4.78, 5) is 62.9. The number of benzene rings is 4. The molecule has 0 radical (unpaired) electrons. The molecule has 8 aromatic rings. The summed E-state index contributed by atoms with van der Waals surface area (Å²) in [6.45, 7) is 3.47. The number of hydrogen-bond acceptors (Lipinski definition) is 10. The van der Waals surface area contributed by atoms with Crippen LogP contribution < -0.4 is 10.6 Å². The SMILES string of the molecule is O=C([C@@H](O)C1CCCCC1)N1CCC[C@H]1c1ncc(-c2ccc(-c3ccc(-c4cnc([C@@H]5CCCN5C(=O)[C@@H](O)C5CCCCC5)[nH]4)cc3)cc2)[nH]1.c1cc(-c2cnc([C@@H]3CCCN3)[nH]2)ccc1-c1ccc(-c2cnc([C@@H]3CCCN3)[nH]2)cc1. The number of carbonyl (C=O) groups is 2. The number of amides is 2. The van der Waals surface area contributed by atoms with Gasteiger partial charge in [-0.3, -0.25) is 9.59 Å². The molecule has 0 bridgehead atoms. The minimum Gasteiger partial charge on any atom is -0.383 e. The van der Waals surface area contributed by atoms with Gasteiger partial charge in [0, 0.05) is 13.1 Å². The van der Waals surface area contributed by atoms with Crippen molar-refractivity contribution in [3.05, 3.63) is 145 Å². The van der Waals surface area contributed by atoms with Crippen LogP contribution in [0.15, 0.2) is 122 Å². The molecule has 16 nitrogen and oxygen atoms in total. The van der Waals surface area contributed by atoms with Gasteiger partial charge in [0.15, 0.2) is 0 Å². The minimum absolute atomic E-state index is 0.0701. The molecule has 436 valence electrons. The lowest BCUT2D eigenvalue weighted by molar-refractivity contribution is -0.145. The summed E-state index contributed by atoms with van der Waals surface area (Å²) >= 11 is 0. The Balaban J connectivity index is 0.000000175. The van der Waals surface area contributed by atoms with Crippen LogP contribution in [0.25, 0.3) is 67.3 Å². The van der Waals surface area contributed by atoms with E-state index in [9.17, 15) is 19.8 Å². The molecule has 4 saturated heterocycles. The molecule has 2 amide bonds. The molecule has 6 fully saturated rings. The number of aromatic amines is 4. The number of carbonyl (C=O) groups excluding carboxylic acids is 2. The maximum absolute atomic E-state index is 13.3. The van der Waals surface area contributed by atoms with Crippen LogP contribution in [0.1, 0.15) is 163 Å². The lowest BCUT2D eigenvalue weighted by Crippen LogP contribution is -2.43. The maximum atomic E-state index is 13.3. The number of rotatable bonds is 14. The first-order valence-corrected chi connectivity index (χ1v) is 31.3. The van der Waals surface area contributed by atoms with Crippen LogP contribution >= 0.6 is 0 Å². The van der Waals surface area contributed by atoms with E-state index in [2.05, 4.69) is 138 Å². The van der Waals surface area contributed by atoms with Gasteiger partial charge in [0.05, 0.1) is 71.7 Å². The van der Waals surface area contributed by atoms with E-state index >= 15 is 0 Å². The van der Waals surface area contributed by atoms with E-state index in [1.807, 2.05) is 34.6 Å². The summed E-state index contributed by atoms with van der Waals surface area (Å²) in [5.74, 6) is 3.50. The first kappa shape index (κ1) is 55.7. The number of aromatic nitrogens is 8. The van der Waals surface area contributed by atoms with Crippen molar-refractivity contribution in [3.63, 3.8) is 0 Å². The van der Waals surface area contributed by atoms with Gasteiger partial charge < -0.3 is 50.6 Å². The van der Waals surface area contributed by atoms with Crippen molar-refractivity contribution >= 4 is 11.8 Å². The fourth-order valence-corrected chi connectivity index (χ4v) is 14.1. The molecule has 0 unspecified atom stereocenters. The number of H-pyrrole nitrogens is 4. The topological polar surface area (TPSA) is 220 Å². The molecule has 84 heavy (non-hydrogen) atoms. The lowest BCUT2D eigenvalue weighted by Gasteiger charge is -2.31. The Bertz CT molecular complexity index is 3220. The third kappa shape index (κ3) is 12.1. The largest absolute Gasteiger partial charge is 0.383 e. The van der Waals surface area contributed by atoms with E-state index in [-0.39, 0.29) is 35.7 Å². The molecule has 6 aliphatic rings. The Labute approximate surface area is 492 Å². The molecule has 4 aromatic carbocycles. The second kappa shape index (κ2) is 25.4. The van der Waals surface area contributed by atoms with Crippen molar-refractivity contribution in [1.29, 1.82) is 0 Å². The zero-order valence-corrected chi connectivity index (χ0v) is 48.1. The van der Waals surface area contributed by atoms with Gasteiger partial charge in [-0.1, -0.05) is 136 Å². The van der Waals surface area contributed by atoms with Gasteiger partial charge in [0.2, 0.25) is 0 Å². The minimum atomic E-state index is -0.917. The standard InChI is InChI=1S/C42H52N6O4.C26H28N6/c49-37(31-9-3-1-4-10-31)41(51)47-23-7-13-35(47)39-43-25-33(45-39)29-19-15-27(16-20-29)28-17-21-30(22-18-28)34-26-44-40(46-34)36-14-8-24-48(36)42(52)38(50)32-11-5-2-6-12-32;1-3-21(27-13-1)25-29-15-23(31-25)19-9-5-17(6-10-19)18-7-11-20(12-8-18)24-16-30-26(32-24)22-4-2-14-28-22/h15-22,25-26,31-32,35-38,49-50H,1-14,23-24H2,(H,43,45)(H,44,46);5-12,15-16,21-22,27-28H,1-4,13-14H2,(H,29,31)(H,30,32)/t35-,36-,37-,38-;21-,22-/m00/s1. The van der Waals surface area contributed by atoms with Crippen LogP contribution in [0.5, 0.6) is 0 Å². The smallest absolute Gasteiger partial charge is 0.252 e. The molecule has 4 aromatic heterocycles. The highest BCUT2D eigenvalue weighted by Crippen LogP contribution is 2.38. The number of aliphatic hydroxyl groups excluding tert-OH is 2. The molecular weight excluding hydrogens is 1050 g/mol. The fourth-order valence-electron chi connectivity index (χ4n) is 14.1. The maximum Gasteiger partial charge on any atom is 0.252 e. The van der Waals surface area contributed by atoms with Gasteiger partial charge in [0.1, 0.15) is 35.5 Å². The van der Waals surface area contributed by atoms with Gasteiger partial charge in [-0.15, -0.1) is 0 Å². The van der Waals surface area contributed by atoms with Crippen LogP contribution in [-0.2, 0) is 9.59 Å². The Kier molecular flexibility index (Phi) is 16.8. The van der Waals surface area contributed by atoms with Gasteiger partial charge in [-0.2, -0.15) is 0 Å². The van der Waals surface area contributed by atoms with Crippen molar-refractivity contribution in [1.82, 2.24) is 60.3 Å². The molecule has 8 heterocycles. The zero-order valence-electron chi connectivity index (χ0n) is 48.1. The molecule has 0 spiro atoms. The van der Waals surface area contributed by atoms with Crippen LogP contribution in [0.3, 0.4) is 0 Å². The van der Waals surface area contributed by atoms with E-state index < -0.39 is 12.2 Å². The Morgan fingerprint density at radius 3 is 0.976 bits per heavy atom. The van der Waals surface area contributed by atoms with Crippen molar-refractivity contribution in [2.75, 3.05) is 26.2 Å². The quantitative estimate of drug-likeness (QED) is 0.0515. The van der Waals surface area contributed by atoms with Gasteiger partial charge in [-0.05, 0) is 146 Å². The highest BCUT2D eigenvalue weighted by atomic mass is 16.3. The van der Waals surface area contributed by atoms with E-state index in [4.69, 9.17) is 9.97 Å². The molecule has 14 rings (SSSR count). The van der Waals surface area contributed by atoms with Crippen molar-refractivity contribution in [2.45, 2.75) is 152 Å². The van der Waals surface area contributed by atoms with Crippen molar-refractivity contribution in [3.8, 4) is 67.3 Å². The molecule has 16 heteroatoms. The van der Waals surface area contributed by atoms with Crippen molar-refractivity contribution in [2.24, 2.45) is 11.8 Å². The van der Waals surface area contributed by atoms with E-state index in [1.165, 1.54) is 36.8 Å². The second-order valence-electron chi connectivity index (χ2n) is 24.4. The lowest BCUT2D eigenvalue weighted by atomic mass is 9.85. The van der Waals surface area contributed by atoms with Crippen LogP contribution in [0, 0.1) is 11.8 Å². The average Bonchev–Trinajstić information content (AvgIpc) is 4.59. The van der Waals surface area contributed by atoms with E-state index in [0.717, 1.165) is 182 Å². The van der Waals surface area contributed by atoms with Crippen molar-refractivity contribution < 1.29 is 19.8 Å². The molecular formula is C68H80N12O4. The first-order valence-electron chi connectivity index (χ1n) is 31.3. The predicted octanol–water partition coefficient (Wildman–Crippen LogP) is 12.3. The second-order valence-corrected chi connectivity index (χ2v) is 24.4. The molecule has 6 atom stereocenters. The van der Waals surface area contributed by atoms with Gasteiger partial charge in [-0.25, -0.2) is 19.9 Å². The Morgan fingerprint density at radius 1 is 0.369 bits per heavy atom. The highest BCUT2D eigenvalue weighted by molar-refractivity contribution is 5.82. The summed E-state index contributed by atoms with van der Waals surface area (Å²) in [7, 11) is 0. The summed E-state index contributed by atoms with van der Waals surface area (Å²) in [5.41, 5.74) is 12.9. The molecule has 8 N–H and O–H groups in total. The molecule has 4 aliphatic heterocycles. The molecule has 2 aliphatic carbocycles. The van der Waals surface area contributed by atoms with Crippen LogP contribution in [0.2, 0.25) is 0 Å². The predicted molar refractivity (Wildman–Crippen MR) is 327 cm³/mol. The van der Waals surface area contributed by atoms with Gasteiger partial charge in [0.25, 0.3) is 11.8 Å². The summed E-state index contributed by atoms with van der Waals surface area (Å²) < 4.78 is 0. The Hall–Kier alpha value is -7.50. The molecule has 2 saturated carbocycles. The van der Waals surface area contributed by atoms with Crippen LogP contribution in [0.4, 0.5) is 0 Å². The van der Waals surface area contributed by atoms with E-state index in [1.54, 1.807) is 0 Å². The number of nitrogens with zero attached hydrogens (tertiary/aromatic N) is 6. The summed E-state index contributed by atoms with van der Waals surface area (Å²) in [6, 6.07) is 34.6.